The maximum atomic E-state index is 8.93. The SMILES string of the molecule is O=C[N+]S. The van der Waals surface area contributed by atoms with E-state index in [-0.39, 0.29) is 0 Å². The number of hydrogen-bond acceptors (Lipinski definition) is 2. The highest BCUT2D eigenvalue weighted by Crippen LogP contribution is 1.46. The van der Waals surface area contributed by atoms with E-state index in [1.807, 2.05) is 0 Å². The summed E-state index contributed by atoms with van der Waals surface area (Å²) in [6.07, 6.45) is 0.364. The van der Waals surface area contributed by atoms with Crippen LogP contribution in [0.15, 0.2) is 0 Å². The van der Waals surface area contributed by atoms with Crippen LogP contribution in [0, 0.1) is 0 Å². The second-order valence-corrected chi connectivity index (χ2v) is 0.452. The molecule has 0 fully saturated rings. The fraction of sp³-hybridized carbons (Fsp3) is 0. The Hall–Kier alpha value is -0.0200. The average Bonchev–Trinajstić information content (AvgIpc) is 1.37. The first-order valence-electron chi connectivity index (χ1n) is 0.694. The van der Waals surface area contributed by atoms with Gasteiger partial charge in [0.2, 0.25) is 4.72 Å². The quantitative estimate of drug-likeness (QED) is 0.334. The Kier molecular flexibility index (Phi) is 2.97. The first kappa shape index (κ1) is 3.98. The van der Waals surface area contributed by atoms with Gasteiger partial charge in [0.15, 0.2) is 12.8 Å². The fourth-order valence-corrected chi connectivity index (χ4v) is 0. The number of hydrogen-bond donors (Lipinski definition) is 1. The van der Waals surface area contributed by atoms with E-state index in [1.54, 1.807) is 0 Å². The molecule has 0 heterocycles. The van der Waals surface area contributed by atoms with Crippen molar-refractivity contribution in [1.82, 2.24) is 4.72 Å². The normalized spacial score (nSPS) is 6.25. The van der Waals surface area contributed by atoms with E-state index in [0.29, 0.717) is 6.41 Å². The van der Waals surface area contributed by atoms with Gasteiger partial charge in [-0.05, 0) is 0 Å². The molecule has 0 aromatic carbocycles. The van der Waals surface area contributed by atoms with Crippen LogP contribution in [0.2, 0.25) is 0 Å². The van der Waals surface area contributed by atoms with Crippen LogP contribution in [0.3, 0.4) is 0 Å². The molecule has 2 nitrogen and oxygen atoms in total. The van der Waals surface area contributed by atoms with Crippen molar-refractivity contribution in [3.8, 4) is 0 Å². The second kappa shape index (κ2) is 2.98. The molecule has 0 aromatic rings. The van der Waals surface area contributed by atoms with Gasteiger partial charge in [-0.1, -0.05) is 0 Å². The van der Waals surface area contributed by atoms with Crippen molar-refractivity contribution >= 4 is 19.2 Å². The lowest BCUT2D eigenvalue weighted by Crippen LogP contribution is -1.75. The third-order valence-electron chi connectivity index (χ3n) is 0.0471. The lowest BCUT2D eigenvalue weighted by Gasteiger charge is -1.27. The van der Waals surface area contributed by atoms with E-state index in [0.717, 1.165) is 0 Å². The van der Waals surface area contributed by atoms with Crippen LogP contribution in [-0.4, -0.2) is 6.41 Å². The topological polar surface area (TPSA) is 31.2 Å². The van der Waals surface area contributed by atoms with Crippen LogP contribution in [0.5, 0.6) is 0 Å². The van der Waals surface area contributed by atoms with Crippen molar-refractivity contribution in [1.29, 1.82) is 0 Å². The number of amides is 1. The van der Waals surface area contributed by atoms with Gasteiger partial charge in [-0.2, -0.15) is 0 Å². The Morgan fingerprint density at radius 1 is 2.00 bits per heavy atom. The first-order valence-corrected chi connectivity index (χ1v) is 1.09. The summed E-state index contributed by atoms with van der Waals surface area (Å²) in [6.45, 7) is 0. The lowest BCUT2D eigenvalue weighted by atomic mass is 11.5. The number of thiol groups is 1. The van der Waals surface area contributed by atoms with Gasteiger partial charge in [0.05, 0.1) is 0 Å². The molecule has 0 rings (SSSR count). The minimum atomic E-state index is 0.364. The summed E-state index contributed by atoms with van der Waals surface area (Å²) < 4.78 is 2.75. The van der Waals surface area contributed by atoms with Crippen molar-refractivity contribution in [2.45, 2.75) is 0 Å². The maximum Gasteiger partial charge on any atom is 0.425 e. The highest BCUT2D eigenvalue weighted by Gasteiger charge is 1.77. The van der Waals surface area contributed by atoms with Gasteiger partial charge >= 0.3 is 6.41 Å². The van der Waals surface area contributed by atoms with Crippen molar-refractivity contribution in [2.24, 2.45) is 0 Å². The van der Waals surface area contributed by atoms with Gasteiger partial charge in [0, 0.05) is 0 Å². The van der Waals surface area contributed by atoms with Crippen LogP contribution in [0.25, 0.3) is 0 Å². The summed E-state index contributed by atoms with van der Waals surface area (Å²) in [4.78, 5) is 8.93. The Morgan fingerprint density at radius 3 is 2.25 bits per heavy atom. The summed E-state index contributed by atoms with van der Waals surface area (Å²) in [7, 11) is 0. The first-order chi connectivity index (χ1) is 1.91. The fourth-order valence-electron chi connectivity index (χ4n) is 0. The summed E-state index contributed by atoms with van der Waals surface area (Å²) in [5.41, 5.74) is 0. The highest BCUT2D eigenvalue weighted by atomic mass is 32.1. The number of carbonyl (C=O) groups excluding carboxylic acids is 1. The third kappa shape index (κ3) is 1.98. The maximum absolute atomic E-state index is 8.93. The van der Waals surface area contributed by atoms with Crippen molar-refractivity contribution < 1.29 is 4.79 Å². The minimum absolute atomic E-state index is 0.364. The summed E-state index contributed by atoms with van der Waals surface area (Å²) in [5, 5.41) is 0. The van der Waals surface area contributed by atoms with E-state index < -0.39 is 0 Å². The summed E-state index contributed by atoms with van der Waals surface area (Å²) in [5.74, 6) is 0. The Balaban J connectivity index is 2.30. The van der Waals surface area contributed by atoms with Gasteiger partial charge in [-0.25, -0.2) is 4.79 Å². The van der Waals surface area contributed by atoms with Gasteiger partial charge in [0.25, 0.3) is 0 Å². The molecule has 0 aliphatic carbocycles. The zero-order valence-electron chi connectivity index (χ0n) is 1.88. The summed E-state index contributed by atoms with van der Waals surface area (Å²) >= 11 is 3.18. The second-order valence-electron chi connectivity index (χ2n) is 0.221. The smallest absolute Gasteiger partial charge is 0.220 e. The van der Waals surface area contributed by atoms with E-state index in [4.69, 9.17) is 4.79 Å². The molecule has 0 aliphatic rings. The van der Waals surface area contributed by atoms with Crippen LogP contribution in [-0.2, 0) is 4.79 Å². The van der Waals surface area contributed by atoms with Crippen molar-refractivity contribution in [3.63, 3.8) is 0 Å². The molecular weight excluding hydrogens is 74.1 g/mol. The molecule has 2 radical (unpaired) electrons. The van der Waals surface area contributed by atoms with E-state index in [1.165, 1.54) is 0 Å². The molecular formula is CH2NOS+. The predicted molar refractivity (Wildman–Crippen MR) is 17.2 cm³/mol. The molecule has 0 unspecified atom stereocenters. The zero-order chi connectivity index (χ0) is 3.41. The van der Waals surface area contributed by atoms with Gasteiger partial charge in [-0.15, -0.1) is 0 Å². The zero-order valence-corrected chi connectivity index (χ0v) is 2.77. The van der Waals surface area contributed by atoms with Gasteiger partial charge in [-0.3, -0.25) is 0 Å². The van der Waals surface area contributed by atoms with E-state index >= 15 is 0 Å². The molecule has 4 heavy (non-hydrogen) atoms. The molecule has 3 heteroatoms. The van der Waals surface area contributed by atoms with Gasteiger partial charge < -0.3 is 0 Å². The molecule has 0 N–H and O–H groups in total. The van der Waals surface area contributed by atoms with Crippen LogP contribution in [0.4, 0.5) is 0 Å². The molecule has 0 saturated carbocycles. The van der Waals surface area contributed by atoms with Crippen LogP contribution < -0.4 is 4.72 Å². The lowest BCUT2D eigenvalue weighted by molar-refractivity contribution is -0.108. The monoisotopic (exact) mass is 76.0 g/mol. The predicted octanol–water partition coefficient (Wildman–Crippen LogP) is -0.408. The molecule has 0 spiro atoms. The molecule has 0 aliphatic heterocycles. The van der Waals surface area contributed by atoms with Crippen molar-refractivity contribution in [2.75, 3.05) is 0 Å². The molecule has 0 saturated heterocycles. The molecule has 0 aromatic heterocycles. The van der Waals surface area contributed by atoms with E-state index in [9.17, 15) is 0 Å². The number of carbonyl (C=O) groups is 1. The Labute approximate surface area is 29.7 Å². The van der Waals surface area contributed by atoms with Crippen LogP contribution in [0.1, 0.15) is 0 Å². The van der Waals surface area contributed by atoms with Crippen LogP contribution >= 0.6 is 12.8 Å². The Morgan fingerprint density at radius 2 is 2.25 bits per heavy atom. The van der Waals surface area contributed by atoms with Gasteiger partial charge in [0.1, 0.15) is 0 Å². The average molecular weight is 76.1 g/mol. The molecule has 0 atom stereocenters. The third-order valence-corrected chi connectivity index (χ3v) is 0.141. The molecule has 22 valence electrons. The number of rotatable bonds is 1. The highest BCUT2D eigenvalue weighted by molar-refractivity contribution is 7.78. The minimum Gasteiger partial charge on any atom is -0.220 e. The standard InChI is InChI=1S/CH2NOS/c3-1-2-4/h1,4H/q+1. The van der Waals surface area contributed by atoms with Crippen molar-refractivity contribution in [3.05, 3.63) is 0 Å². The Bertz CT molecular complexity index is 22.0. The largest absolute Gasteiger partial charge is 0.425 e. The molecule has 1 amide bonds. The number of nitrogens with zero attached hydrogens (tertiary/aromatic N) is 1. The van der Waals surface area contributed by atoms with E-state index in [2.05, 4.69) is 17.5 Å². The molecule has 0 bridgehead atoms. The summed E-state index contributed by atoms with van der Waals surface area (Å²) in [6, 6.07) is 0.